The molecule has 46 heavy (non-hydrogen) atoms. The van der Waals surface area contributed by atoms with Gasteiger partial charge < -0.3 is 19.5 Å². The molecule has 0 bridgehead atoms. The maximum atomic E-state index is 14.2. The van der Waals surface area contributed by atoms with Gasteiger partial charge in [0.15, 0.2) is 0 Å². The first-order chi connectivity index (χ1) is 22.3. The predicted molar refractivity (Wildman–Crippen MR) is 161 cm³/mol. The van der Waals surface area contributed by atoms with Gasteiger partial charge in [0.05, 0.1) is 31.0 Å². The van der Waals surface area contributed by atoms with Crippen molar-refractivity contribution in [3.63, 3.8) is 0 Å². The van der Waals surface area contributed by atoms with Gasteiger partial charge in [-0.25, -0.2) is 28.1 Å². The van der Waals surface area contributed by atoms with Crippen LogP contribution in [0, 0.1) is 0 Å². The Hall–Kier alpha value is -4.02. The Bertz CT molecular complexity index is 1570. The van der Waals surface area contributed by atoms with E-state index in [1.807, 2.05) is 13.0 Å². The zero-order chi connectivity index (χ0) is 32.1. The second-order valence-corrected chi connectivity index (χ2v) is 11.7. The first kappa shape index (κ1) is 31.9. The summed E-state index contributed by atoms with van der Waals surface area (Å²) in [7, 11) is 0. The van der Waals surface area contributed by atoms with E-state index in [1.54, 1.807) is 40.1 Å². The molecule has 0 radical (unpaired) electrons. The molecular formula is C29H34ClF3N10O3. The average molecular weight is 663 g/mol. The molecule has 0 spiro atoms. The molecule has 13 nitrogen and oxygen atoms in total. The topological polar surface area (TPSA) is 130 Å². The van der Waals surface area contributed by atoms with Gasteiger partial charge in [0.25, 0.3) is 12.2 Å². The summed E-state index contributed by atoms with van der Waals surface area (Å²) in [6.07, 6.45) is 4.49. The molecule has 1 aliphatic heterocycles. The summed E-state index contributed by atoms with van der Waals surface area (Å²) in [5.41, 5.74) is 1.08. The Morgan fingerprint density at radius 3 is 2.50 bits per heavy atom. The number of rotatable bonds is 12. The molecule has 17 heteroatoms. The lowest BCUT2D eigenvalue weighted by Gasteiger charge is -2.47. The molecule has 1 saturated carbocycles. The molecule has 1 aliphatic carbocycles. The van der Waals surface area contributed by atoms with Crippen molar-refractivity contribution in [3.05, 3.63) is 48.1 Å². The Balaban J connectivity index is 1.23. The first-order valence-electron chi connectivity index (χ1n) is 15.1. The molecule has 2 fully saturated rings. The number of hydrogen-bond acceptors (Lipinski definition) is 11. The minimum absolute atomic E-state index is 0.144. The molecule has 1 N–H and O–H groups in total. The van der Waals surface area contributed by atoms with Crippen molar-refractivity contribution in [3.8, 4) is 22.8 Å². The Labute approximate surface area is 268 Å². The molecule has 4 aromatic rings. The standard InChI is InChI=1S/C29H34ClF3N10O3/c1-19(16-42-18-36-39-40-42)45-24-13-20(5-6-22(24)30)21-14-34-28(35-15-21)37-23-17-43(38-27(23)46-26(33)25(31)32)29(7-3-2-4-8-29)41-9-11-44-12-10-41/h5-6,13-15,17-19,25-26H,2-4,7-12,16H2,1H3,(H,34,35,37). The molecule has 2 atom stereocenters. The SMILES string of the molecule is CC(Cn1cnnn1)Oc1cc(-c2cnc(Nc3cn(C4(N5CCOCC5)CCCCC4)nc3OC(F)C(F)F)nc2)ccc1Cl. The molecule has 1 aromatic carbocycles. The van der Waals surface area contributed by atoms with Crippen molar-refractivity contribution in [1.82, 2.24) is 44.9 Å². The van der Waals surface area contributed by atoms with Crippen LogP contribution in [-0.4, -0.2) is 90.0 Å². The molecule has 0 amide bonds. The van der Waals surface area contributed by atoms with Crippen LogP contribution in [-0.2, 0) is 16.9 Å². The van der Waals surface area contributed by atoms with E-state index in [2.05, 4.69) is 40.8 Å². The van der Waals surface area contributed by atoms with Gasteiger partial charge in [-0.3, -0.25) is 4.90 Å². The summed E-state index contributed by atoms with van der Waals surface area (Å²) in [6.45, 7) is 4.85. The highest BCUT2D eigenvalue weighted by Gasteiger charge is 2.42. The van der Waals surface area contributed by atoms with Gasteiger partial charge >= 0.3 is 6.43 Å². The van der Waals surface area contributed by atoms with Gasteiger partial charge in [-0.05, 0) is 60.7 Å². The van der Waals surface area contributed by atoms with Crippen LogP contribution in [0.4, 0.5) is 24.8 Å². The summed E-state index contributed by atoms with van der Waals surface area (Å²) < 4.78 is 60.4. The second-order valence-electron chi connectivity index (χ2n) is 11.3. The van der Waals surface area contributed by atoms with E-state index in [4.69, 9.17) is 25.8 Å². The predicted octanol–water partition coefficient (Wildman–Crippen LogP) is 5.08. The van der Waals surface area contributed by atoms with Crippen LogP contribution in [0.2, 0.25) is 5.02 Å². The molecule has 246 valence electrons. The van der Waals surface area contributed by atoms with Crippen LogP contribution in [0.25, 0.3) is 11.1 Å². The molecule has 2 unspecified atom stereocenters. The fraction of sp³-hybridized carbons (Fsp3) is 0.517. The van der Waals surface area contributed by atoms with Gasteiger partial charge in [-0.2, -0.15) is 4.39 Å². The molecule has 4 heterocycles. The van der Waals surface area contributed by atoms with E-state index >= 15 is 0 Å². The Morgan fingerprint density at radius 2 is 1.80 bits per heavy atom. The lowest BCUT2D eigenvalue weighted by Crippen LogP contribution is -2.56. The number of tetrazole rings is 1. The molecule has 3 aromatic heterocycles. The van der Waals surface area contributed by atoms with Crippen LogP contribution < -0.4 is 14.8 Å². The molecular weight excluding hydrogens is 629 g/mol. The summed E-state index contributed by atoms with van der Waals surface area (Å²) in [4.78, 5) is 11.1. The smallest absolute Gasteiger partial charge is 0.304 e. The van der Waals surface area contributed by atoms with Gasteiger partial charge in [0, 0.05) is 31.0 Å². The monoisotopic (exact) mass is 662 g/mol. The van der Waals surface area contributed by atoms with Crippen LogP contribution in [0.5, 0.6) is 11.6 Å². The zero-order valence-corrected chi connectivity index (χ0v) is 25.9. The van der Waals surface area contributed by atoms with Crippen molar-refractivity contribution < 1.29 is 27.4 Å². The first-order valence-corrected chi connectivity index (χ1v) is 15.5. The number of nitrogens with zero attached hydrogens (tertiary/aromatic N) is 9. The second kappa shape index (κ2) is 14.2. The number of alkyl halides is 3. The minimum Gasteiger partial charge on any atom is -0.487 e. The van der Waals surface area contributed by atoms with E-state index in [0.717, 1.165) is 37.7 Å². The number of morpholine rings is 1. The highest BCUT2D eigenvalue weighted by molar-refractivity contribution is 6.32. The maximum Gasteiger partial charge on any atom is 0.304 e. The Morgan fingerprint density at radius 1 is 1.04 bits per heavy atom. The number of benzene rings is 1. The van der Waals surface area contributed by atoms with Crippen molar-refractivity contribution in [2.24, 2.45) is 0 Å². The van der Waals surface area contributed by atoms with Gasteiger partial charge in [-0.15, -0.1) is 10.2 Å². The zero-order valence-electron chi connectivity index (χ0n) is 25.1. The van der Waals surface area contributed by atoms with Gasteiger partial charge in [0.2, 0.25) is 5.95 Å². The van der Waals surface area contributed by atoms with Gasteiger partial charge in [-0.1, -0.05) is 24.1 Å². The largest absolute Gasteiger partial charge is 0.487 e. The van der Waals surface area contributed by atoms with E-state index in [-0.39, 0.29) is 23.6 Å². The van der Waals surface area contributed by atoms with Crippen LogP contribution in [0.15, 0.2) is 43.1 Å². The van der Waals surface area contributed by atoms with Crippen LogP contribution >= 0.6 is 11.6 Å². The fourth-order valence-corrected chi connectivity index (χ4v) is 6.07. The van der Waals surface area contributed by atoms with Crippen LogP contribution in [0.1, 0.15) is 39.0 Å². The number of nitrogens with one attached hydrogen (secondary N) is 1. The summed E-state index contributed by atoms with van der Waals surface area (Å²) in [5, 5.41) is 19.0. The summed E-state index contributed by atoms with van der Waals surface area (Å²) in [5.74, 6) is 0.312. The lowest BCUT2D eigenvalue weighted by molar-refractivity contribution is -0.0870. The Kier molecular flexibility index (Phi) is 9.84. The minimum atomic E-state index is -3.34. The fourth-order valence-electron chi connectivity index (χ4n) is 5.91. The van der Waals surface area contributed by atoms with Gasteiger partial charge in [0.1, 0.15) is 29.5 Å². The van der Waals surface area contributed by atoms with Crippen molar-refractivity contribution >= 4 is 23.2 Å². The molecule has 1 saturated heterocycles. The number of halogens is 4. The third kappa shape index (κ3) is 7.18. The third-order valence-corrected chi connectivity index (χ3v) is 8.42. The normalized spacial score (nSPS) is 18.3. The van der Waals surface area contributed by atoms with E-state index in [1.165, 1.54) is 6.33 Å². The summed E-state index contributed by atoms with van der Waals surface area (Å²) in [6, 6.07) is 5.30. The summed E-state index contributed by atoms with van der Waals surface area (Å²) >= 11 is 6.40. The van der Waals surface area contributed by atoms with Crippen molar-refractivity contribution in [2.75, 3.05) is 31.6 Å². The average Bonchev–Trinajstić information content (AvgIpc) is 3.73. The van der Waals surface area contributed by atoms with Crippen molar-refractivity contribution in [2.45, 2.75) is 70.1 Å². The van der Waals surface area contributed by atoms with Crippen molar-refractivity contribution in [1.29, 1.82) is 0 Å². The third-order valence-electron chi connectivity index (χ3n) is 8.11. The van der Waals surface area contributed by atoms with Crippen LogP contribution in [0.3, 0.4) is 0 Å². The van der Waals surface area contributed by atoms with E-state index < -0.39 is 18.4 Å². The maximum absolute atomic E-state index is 14.2. The number of hydrogen-bond donors (Lipinski definition) is 1. The molecule has 6 rings (SSSR count). The highest BCUT2D eigenvalue weighted by atomic mass is 35.5. The number of ether oxygens (including phenoxy) is 3. The van der Waals surface area contributed by atoms with E-state index in [9.17, 15) is 13.2 Å². The van der Waals surface area contributed by atoms with E-state index in [0.29, 0.717) is 49.2 Å². The quantitative estimate of drug-likeness (QED) is 0.218. The molecule has 2 aliphatic rings. The highest BCUT2D eigenvalue weighted by Crippen LogP contribution is 2.41. The number of anilines is 2. The number of aromatic nitrogens is 8. The lowest BCUT2D eigenvalue weighted by atomic mass is 9.87.